The highest BCUT2D eigenvalue weighted by molar-refractivity contribution is 6.29. The van der Waals surface area contributed by atoms with Crippen molar-refractivity contribution >= 4 is 17.5 Å². The van der Waals surface area contributed by atoms with E-state index in [2.05, 4.69) is 4.98 Å². The number of carbonyl (C=O) groups is 1. The average molecular weight is 281 g/mol. The van der Waals surface area contributed by atoms with Crippen LogP contribution in [0.5, 0.6) is 0 Å². The standard InChI is InChI=1S/C14H17ClN2O2/c1-8-4-10(5-13(15)16-8)14(19)17-6-9-2-3-12(18)11(9)7-17/h4-5,9,11-12,18H,2-3,6-7H2,1H3. The number of pyridine rings is 1. The molecule has 1 saturated heterocycles. The van der Waals surface area contributed by atoms with Crippen LogP contribution in [0, 0.1) is 18.8 Å². The van der Waals surface area contributed by atoms with Crippen LogP contribution in [0.25, 0.3) is 0 Å². The van der Waals surface area contributed by atoms with Crippen molar-refractivity contribution in [1.29, 1.82) is 0 Å². The van der Waals surface area contributed by atoms with Crippen LogP contribution in [0.4, 0.5) is 0 Å². The molecule has 102 valence electrons. The first-order valence-corrected chi connectivity index (χ1v) is 7.04. The normalized spacial score (nSPS) is 29.6. The summed E-state index contributed by atoms with van der Waals surface area (Å²) in [7, 11) is 0. The molecular formula is C14H17ClN2O2. The Hall–Kier alpha value is -1.13. The first kappa shape index (κ1) is 12.9. The minimum Gasteiger partial charge on any atom is -0.393 e. The van der Waals surface area contributed by atoms with E-state index in [9.17, 15) is 9.90 Å². The Labute approximate surface area is 117 Å². The van der Waals surface area contributed by atoms with E-state index >= 15 is 0 Å². The quantitative estimate of drug-likeness (QED) is 0.799. The summed E-state index contributed by atoms with van der Waals surface area (Å²) in [6.07, 6.45) is 1.65. The second-order valence-corrected chi connectivity index (χ2v) is 5.99. The average Bonchev–Trinajstić information content (AvgIpc) is 2.90. The smallest absolute Gasteiger partial charge is 0.254 e. The van der Waals surface area contributed by atoms with Gasteiger partial charge in [-0.15, -0.1) is 0 Å². The molecule has 2 fully saturated rings. The molecule has 2 heterocycles. The molecule has 5 heteroatoms. The first-order valence-electron chi connectivity index (χ1n) is 6.66. The number of aryl methyl sites for hydroxylation is 1. The number of aromatic nitrogens is 1. The van der Waals surface area contributed by atoms with Crippen LogP contribution < -0.4 is 0 Å². The van der Waals surface area contributed by atoms with Gasteiger partial charge in [0.2, 0.25) is 0 Å². The number of fused-ring (bicyclic) bond motifs is 1. The Balaban J connectivity index is 1.78. The first-order chi connectivity index (χ1) is 9.04. The molecule has 4 nitrogen and oxygen atoms in total. The van der Waals surface area contributed by atoms with Crippen molar-refractivity contribution in [3.05, 3.63) is 28.5 Å². The fourth-order valence-electron chi connectivity index (χ4n) is 3.34. The summed E-state index contributed by atoms with van der Waals surface area (Å²) in [6, 6.07) is 3.38. The number of hydrogen-bond acceptors (Lipinski definition) is 3. The van der Waals surface area contributed by atoms with Gasteiger partial charge in [-0.2, -0.15) is 0 Å². The number of carbonyl (C=O) groups excluding carboxylic acids is 1. The van der Waals surface area contributed by atoms with Gasteiger partial charge in [0.25, 0.3) is 5.91 Å². The third-order valence-corrected chi connectivity index (χ3v) is 4.47. The lowest BCUT2D eigenvalue weighted by Gasteiger charge is -2.18. The zero-order valence-electron chi connectivity index (χ0n) is 10.8. The van der Waals surface area contributed by atoms with Crippen molar-refractivity contribution in [2.24, 2.45) is 11.8 Å². The number of rotatable bonds is 1. The topological polar surface area (TPSA) is 53.4 Å². The Morgan fingerprint density at radius 2 is 2.21 bits per heavy atom. The minimum atomic E-state index is -0.245. The van der Waals surface area contributed by atoms with Crippen LogP contribution in [0.15, 0.2) is 12.1 Å². The van der Waals surface area contributed by atoms with Gasteiger partial charge in [0.05, 0.1) is 6.10 Å². The lowest BCUT2D eigenvalue weighted by molar-refractivity contribution is 0.0752. The third kappa shape index (κ3) is 2.35. The van der Waals surface area contributed by atoms with E-state index in [1.165, 1.54) is 0 Å². The molecule has 1 aliphatic heterocycles. The SMILES string of the molecule is Cc1cc(C(=O)N2CC3CCC(O)C3C2)cc(Cl)n1. The van der Waals surface area contributed by atoms with Crippen molar-refractivity contribution in [1.82, 2.24) is 9.88 Å². The van der Waals surface area contributed by atoms with Crippen molar-refractivity contribution in [3.8, 4) is 0 Å². The van der Waals surface area contributed by atoms with E-state index in [4.69, 9.17) is 11.6 Å². The zero-order chi connectivity index (χ0) is 13.6. The largest absolute Gasteiger partial charge is 0.393 e. The lowest BCUT2D eigenvalue weighted by atomic mass is 10.00. The summed E-state index contributed by atoms with van der Waals surface area (Å²) in [5.41, 5.74) is 1.34. The van der Waals surface area contributed by atoms with E-state index in [1.54, 1.807) is 12.1 Å². The molecule has 1 aromatic rings. The van der Waals surface area contributed by atoms with E-state index in [0.717, 1.165) is 25.1 Å². The van der Waals surface area contributed by atoms with Crippen molar-refractivity contribution < 1.29 is 9.90 Å². The lowest BCUT2D eigenvalue weighted by Crippen LogP contribution is -2.31. The van der Waals surface area contributed by atoms with Crippen LogP contribution in [0.3, 0.4) is 0 Å². The van der Waals surface area contributed by atoms with Crippen molar-refractivity contribution in [3.63, 3.8) is 0 Å². The number of hydrogen-bond donors (Lipinski definition) is 1. The summed E-state index contributed by atoms with van der Waals surface area (Å²) in [4.78, 5) is 18.4. The van der Waals surface area contributed by atoms with E-state index in [-0.39, 0.29) is 17.9 Å². The van der Waals surface area contributed by atoms with E-state index in [0.29, 0.717) is 23.2 Å². The Kier molecular flexibility index (Phi) is 3.23. The molecule has 1 amide bonds. The van der Waals surface area contributed by atoms with Gasteiger partial charge in [-0.25, -0.2) is 4.98 Å². The Morgan fingerprint density at radius 1 is 1.42 bits per heavy atom. The predicted molar refractivity (Wildman–Crippen MR) is 72.1 cm³/mol. The summed E-state index contributed by atoms with van der Waals surface area (Å²) >= 11 is 5.90. The number of aliphatic hydroxyl groups is 1. The molecule has 0 radical (unpaired) electrons. The highest BCUT2D eigenvalue weighted by Gasteiger charge is 2.43. The molecule has 0 spiro atoms. The van der Waals surface area contributed by atoms with Crippen LogP contribution in [0.2, 0.25) is 5.15 Å². The number of aliphatic hydroxyl groups excluding tert-OH is 1. The molecule has 1 aromatic heterocycles. The van der Waals surface area contributed by atoms with Crippen molar-refractivity contribution in [2.75, 3.05) is 13.1 Å². The highest BCUT2D eigenvalue weighted by Crippen LogP contribution is 2.38. The summed E-state index contributed by atoms with van der Waals surface area (Å²) < 4.78 is 0. The maximum Gasteiger partial charge on any atom is 0.254 e. The van der Waals surface area contributed by atoms with Gasteiger partial charge in [-0.3, -0.25) is 4.79 Å². The second kappa shape index (κ2) is 4.76. The number of nitrogens with zero attached hydrogens (tertiary/aromatic N) is 2. The van der Waals surface area contributed by atoms with Gasteiger partial charge in [0.15, 0.2) is 0 Å². The number of amides is 1. The van der Waals surface area contributed by atoms with Gasteiger partial charge >= 0.3 is 0 Å². The van der Waals surface area contributed by atoms with Gasteiger partial charge in [0, 0.05) is 30.3 Å². The fraction of sp³-hybridized carbons (Fsp3) is 0.571. The second-order valence-electron chi connectivity index (χ2n) is 5.60. The van der Waals surface area contributed by atoms with Gasteiger partial charge in [0.1, 0.15) is 5.15 Å². The molecule has 1 N–H and O–H groups in total. The van der Waals surface area contributed by atoms with Crippen LogP contribution in [-0.2, 0) is 0 Å². The molecule has 0 bridgehead atoms. The van der Waals surface area contributed by atoms with Crippen molar-refractivity contribution in [2.45, 2.75) is 25.9 Å². The van der Waals surface area contributed by atoms with Gasteiger partial charge in [-0.1, -0.05) is 11.6 Å². The van der Waals surface area contributed by atoms with Crippen LogP contribution >= 0.6 is 11.6 Å². The highest BCUT2D eigenvalue weighted by atomic mass is 35.5. The molecule has 2 aliphatic rings. The third-order valence-electron chi connectivity index (χ3n) is 4.28. The Bertz CT molecular complexity index is 500. The van der Waals surface area contributed by atoms with Crippen LogP contribution in [-0.4, -0.2) is 40.1 Å². The van der Waals surface area contributed by atoms with Gasteiger partial charge < -0.3 is 10.0 Å². The maximum atomic E-state index is 12.4. The molecule has 19 heavy (non-hydrogen) atoms. The molecule has 0 aromatic carbocycles. The van der Waals surface area contributed by atoms with E-state index in [1.807, 2.05) is 11.8 Å². The monoisotopic (exact) mass is 280 g/mol. The summed E-state index contributed by atoms with van der Waals surface area (Å²) in [5, 5.41) is 10.2. The molecule has 1 aliphatic carbocycles. The summed E-state index contributed by atoms with van der Waals surface area (Å²) in [5.74, 6) is 0.703. The predicted octanol–water partition coefficient (Wildman–Crippen LogP) is 1.89. The molecular weight excluding hydrogens is 264 g/mol. The fourth-order valence-corrected chi connectivity index (χ4v) is 3.59. The number of halogens is 1. The molecule has 3 unspecified atom stereocenters. The van der Waals surface area contributed by atoms with E-state index < -0.39 is 0 Å². The molecule has 3 rings (SSSR count). The molecule has 1 saturated carbocycles. The molecule has 3 atom stereocenters. The maximum absolute atomic E-state index is 12.4. The Morgan fingerprint density at radius 3 is 2.89 bits per heavy atom. The van der Waals surface area contributed by atoms with Gasteiger partial charge in [-0.05, 0) is 37.8 Å². The zero-order valence-corrected chi connectivity index (χ0v) is 11.6. The minimum absolute atomic E-state index is 0.00556. The number of likely N-dealkylation sites (tertiary alicyclic amines) is 1. The van der Waals surface area contributed by atoms with Crippen LogP contribution in [0.1, 0.15) is 28.9 Å². The summed E-state index contributed by atoms with van der Waals surface area (Å²) in [6.45, 7) is 3.23.